The molecule has 0 aromatic rings. The van der Waals surface area contributed by atoms with Crippen molar-refractivity contribution in [2.24, 2.45) is 0 Å². The van der Waals surface area contributed by atoms with Crippen LogP contribution in [0.1, 0.15) is 12.8 Å². The van der Waals surface area contributed by atoms with Gasteiger partial charge in [0.15, 0.2) is 0 Å². The van der Waals surface area contributed by atoms with E-state index < -0.39 is 23.9 Å². The number of esters is 1. The Kier molecular flexibility index (Phi) is 12.2. The largest absolute Gasteiger partial charge is 0.478 e. The van der Waals surface area contributed by atoms with Gasteiger partial charge in [0.05, 0.1) is 6.26 Å². The van der Waals surface area contributed by atoms with Crippen molar-refractivity contribution in [2.45, 2.75) is 12.8 Å². The van der Waals surface area contributed by atoms with Gasteiger partial charge in [-0.25, -0.2) is 14.4 Å². The summed E-state index contributed by atoms with van der Waals surface area (Å²) < 4.78 is 4.39. The van der Waals surface area contributed by atoms with Gasteiger partial charge in [0.1, 0.15) is 0 Å². The second-order valence-corrected chi connectivity index (χ2v) is 2.95. The van der Waals surface area contributed by atoms with Crippen LogP contribution in [0.15, 0.2) is 37.1 Å². The fourth-order valence-corrected chi connectivity index (χ4v) is 0.680. The van der Waals surface area contributed by atoms with Crippen LogP contribution < -0.4 is 0 Å². The quantitative estimate of drug-likeness (QED) is 0.355. The number of aliphatic carboxylic acids is 3. The summed E-state index contributed by atoms with van der Waals surface area (Å²) in [6, 6.07) is 0. The van der Waals surface area contributed by atoms with Crippen molar-refractivity contribution in [3.8, 4) is 0 Å². The first-order valence-corrected chi connectivity index (χ1v) is 5.13. The number of carbonyl (C=O) groups excluding carboxylic acids is 1. The molecule has 0 atom stereocenters. The van der Waals surface area contributed by atoms with E-state index in [1.165, 1.54) is 6.08 Å². The van der Waals surface area contributed by atoms with E-state index in [0.717, 1.165) is 12.3 Å². The maximum atomic E-state index is 10.6. The molecule has 0 heterocycles. The fourth-order valence-electron chi connectivity index (χ4n) is 0.680. The van der Waals surface area contributed by atoms with Gasteiger partial charge < -0.3 is 20.1 Å². The third-order valence-corrected chi connectivity index (χ3v) is 1.36. The lowest BCUT2D eigenvalue weighted by molar-refractivity contribution is -0.138. The first-order chi connectivity index (χ1) is 9.29. The normalized spacial score (nSPS) is 9.60. The topological polar surface area (TPSA) is 138 Å². The highest BCUT2D eigenvalue weighted by molar-refractivity contribution is 5.89. The number of carboxylic acids is 3. The Balaban J connectivity index is 0. The molecule has 0 fully saturated rings. The molecule has 0 aliphatic rings. The van der Waals surface area contributed by atoms with Gasteiger partial charge in [0.2, 0.25) is 0 Å². The van der Waals surface area contributed by atoms with Crippen LogP contribution in [0.25, 0.3) is 0 Å². The van der Waals surface area contributed by atoms with Gasteiger partial charge in [0, 0.05) is 24.6 Å². The summed E-state index contributed by atoms with van der Waals surface area (Å²) >= 11 is 0. The van der Waals surface area contributed by atoms with Crippen molar-refractivity contribution in [1.82, 2.24) is 0 Å². The summed E-state index contributed by atoms with van der Waals surface area (Å²) in [4.78, 5) is 39.7. The molecule has 110 valence electrons. The van der Waals surface area contributed by atoms with E-state index in [4.69, 9.17) is 15.3 Å². The number of carboxylic acid groups (broad SMARTS) is 3. The number of ether oxygens (including phenoxy) is 1. The fraction of sp³-hybridized carbons (Fsp3) is 0.167. The summed E-state index contributed by atoms with van der Waals surface area (Å²) in [5.74, 6) is -3.95. The molecule has 0 spiro atoms. The summed E-state index contributed by atoms with van der Waals surface area (Å²) in [6.07, 6.45) is 5.07. The summed E-state index contributed by atoms with van der Waals surface area (Å²) in [5.41, 5.74) is 0. The van der Waals surface area contributed by atoms with Crippen LogP contribution in [0.2, 0.25) is 0 Å². The van der Waals surface area contributed by atoms with Gasteiger partial charge in [-0.1, -0.05) is 12.7 Å². The Morgan fingerprint density at radius 3 is 1.70 bits per heavy atom. The Labute approximate surface area is 114 Å². The van der Waals surface area contributed by atoms with Crippen molar-refractivity contribution in [2.75, 3.05) is 0 Å². The summed E-state index contributed by atoms with van der Waals surface area (Å²) in [6.45, 7) is 3.20. The van der Waals surface area contributed by atoms with Gasteiger partial charge in [-0.15, -0.1) is 0 Å². The molecule has 0 aliphatic heterocycles. The maximum absolute atomic E-state index is 10.6. The zero-order valence-electron chi connectivity index (χ0n) is 10.4. The van der Waals surface area contributed by atoms with Crippen LogP contribution in [-0.2, 0) is 23.9 Å². The van der Waals surface area contributed by atoms with Crippen LogP contribution >= 0.6 is 0 Å². The van der Waals surface area contributed by atoms with Gasteiger partial charge in [0.25, 0.3) is 0 Å². The molecule has 0 amide bonds. The van der Waals surface area contributed by atoms with E-state index in [1.807, 2.05) is 0 Å². The highest BCUT2D eigenvalue weighted by Gasteiger charge is 1.97. The maximum Gasteiger partial charge on any atom is 0.328 e. The zero-order valence-corrected chi connectivity index (χ0v) is 10.4. The van der Waals surface area contributed by atoms with E-state index in [-0.39, 0.29) is 6.42 Å². The van der Waals surface area contributed by atoms with Crippen molar-refractivity contribution in [3.05, 3.63) is 37.1 Å². The third kappa shape index (κ3) is 20.5. The molecule has 0 unspecified atom stereocenters. The van der Waals surface area contributed by atoms with Crippen molar-refractivity contribution >= 4 is 23.9 Å². The SMILES string of the molecule is C=COC(=O)CC/C=C/C(=O)O.O=C(O)/C=C\C(=O)O. The molecule has 0 saturated carbocycles. The van der Waals surface area contributed by atoms with E-state index in [9.17, 15) is 19.2 Å². The van der Waals surface area contributed by atoms with Gasteiger partial charge in [-0.05, 0) is 6.42 Å². The Hall–Kier alpha value is -2.90. The lowest BCUT2D eigenvalue weighted by atomic mass is 10.3. The van der Waals surface area contributed by atoms with Crippen molar-refractivity contribution in [1.29, 1.82) is 0 Å². The van der Waals surface area contributed by atoms with Crippen LogP contribution in [0, 0.1) is 0 Å². The Morgan fingerprint density at radius 2 is 1.35 bits per heavy atom. The van der Waals surface area contributed by atoms with E-state index in [0.29, 0.717) is 18.6 Å². The minimum absolute atomic E-state index is 0.163. The molecule has 20 heavy (non-hydrogen) atoms. The average molecular weight is 286 g/mol. The van der Waals surface area contributed by atoms with Crippen LogP contribution in [0.5, 0.6) is 0 Å². The molecule has 0 aromatic carbocycles. The molecule has 8 heteroatoms. The number of hydrogen-bond donors (Lipinski definition) is 3. The van der Waals surface area contributed by atoms with Crippen molar-refractivity contribution in [3.63, 3.8) is 0 Å². The third-order valence-electron chi connectivity index (χ3n) is 1.36. The lowest BCUT2D eigenvalue weighted by Crippen LogP contribution is -1.97. The van der Waals surface area contributed by atoms with Crippen molar-refractivity contribution < 1.29 is 39.2 Å². The highest BCUT2D eigenvalue weighted by Crippen LogP contribution is 1.94. The summed E-state index contributed by atoms with van der Waals surface area (Å²) in [5, 5.41) is 23.8. The van der Waals surface area contributed by atoms with E-state index >= 15 is 0 Å². The highest BCUT2D eigenvalue weighted by atomic mass is 16.5. The molecule has 0 rings (SSSR count). The molecule has 0 saturated heterocycles. The Morgan fingerprint density at radius 1 is 0.900 bits per heavy atom. The minimum atomic E-state index is -1.26. The standard InChI is InChI=1S/C8H10O4.C4H4O4/c1-2-12-8(11)6-4-3-5-7(9)10;5-3(6)1-2-4(7)8/h2-3,5H,1,4,6H2,(H,9,10);1-2H,(H,5,6)(H,7,8)/b5-3+;2-1-. The minimum Gasteiger partial charge on any atom is -0.478 e. The molecular formula is C12H14O8. The van der Waals surface area contributed by atoms with Crippen LogP contribution in [0.4, 0.5) is 0 Å². The molecule has 3 N–H and O–H groups in total. The van der Waals surface area contributed by atoms with Gasteiger partial charge in [-0.3, -0.25) is 4.79 Å². The second-order valence-electron chi connectivity index (χ2n) is 2.95. The predicted molar refractivity (Wildman–Crippen MR) is 66.7 cm³/mol. The van der Waals surface area contributed by atoms with Crippen LogP contribution in [0.3, 0.4) is 0 Å². The lowest BCUT2D eigenvalue weighted by Gasteiger charge is -1.93. The number of carbonyl (C=O) groups is 4. The molecule has 0 radical (unpaired) electrons. The predicted octanol–water partition coefficient (Wildman–Crippen LogP) is 0.806. The number of rotatable bonds is 7. The smallest absolute Gasteiger partial charge is 0.328 e. The zero-order chi connectivity index (χ0) is 16.0. The number of hydrogen-bond acceptors (Lipinski definition) is 5. The van der Waals surface area contributed by atoms with Gasteiger partial charge >= 0.3 is 23.9 Å². The number of allylic oxidation sites excluding steroid dienone is 1. The first-order valence-electron chi connectivity index (χ1n) is 5.13. The monoisotopic (exact) mass is 286 g/mol. The first kappa shape index (κ1) is 19.4. The Bertz CT molecular complexity index is 403. The van der Waals surface area contributed by atoms with E-state index in [1.54, 1.807) is 0 Å². The van der Waals surface area contributed by atoms with Gasteiger partial charge in [-0.2, -0.15) is 0 Å². The summed E-state index contributed by atoms with van der Waals surface area (Å²) in [7, 11) is 0. The molecule has 0 aliphatic carbocycles. The molecule has 8 nitrogen and oxygen atoms in total. The van der Waals surface area contributed by atoms with Crippen LogP contribution in [-0.4, -0.2) is 39.2 Å². The second kappa shape index (κ2) is 12.6. The van der Waals surface area contributed by atoms with E-state index in [2.05, 4.69) is 11.3 Å². The molecule has 0 bridgehead atoms. The molecular weight excluding hydrogens is 272 g/mol. The molecule has 0 aromatic heterocycles. The average Bonchev–Trinajstić information content (AvgIpc) is 2.33.